The minimum Gasteiger partial charge on any atom is -0.399 e. The Morgan fingerprint density at radius 1 is 0.706 bits per heavy atom. The number of amides is 2. The van der Waals surface area contributed by atoms with Crippen LogP contribution in [0.4, 0.5) is 22.7 Å². The van der Waals surface area contributed by atoms with Crippen LogP contribution in [0.3, 0.4) is 0 Å². The lowest BCUT2D eigenvalue weighted by atomic mass is 10.2. The maximum absolute atomic E-state index is 11.2. The van der Waals surface area contributed by atoms with Gasteiger partial charge in [-0.05, 0) is 36.4 Å². The second-order valence-corrected chi connectivity index (χ2v) is 8.35. The molecular formula is C24H32N6O4. The first-order chi connectivity index (χ1) is 16.2. The summed E-state index contributed by atoms with van der Waals surface area (Å²) in [6.45, 7) is 9.51. The maximum atomic E-state index is 11.2. The van der Waals surface area contributed by atoms with Gasteiger partial charge in [-0.3, -0.25) is 19.7 Å². The predicted molar refractivity (Wildman–Crippen MR) is 133 cm³/mol. The highest BCUT2D eigenvalue weighted by atomic mass is 16.6. The molecule has 2 aromatic rings. The van der Waals surface area contributed by atoms with Crippen LogP contribution >= 0.6 is 0 Å². The number of carbonyl (C=O) groups excluding carboxylic acids is 2. The van der Waals surface area contributed by atoms with Crippen molar-refractivity contribution >= 4 is 34.6 Å². The molecule has 2 aliphatic heterocycles. The molecule has 0 bridgehead atoms. The van der Waals surface area contributed by atoms with E-state index >= 15 is 0 Å². The zero-order valence-corrected chi connectivity index (χ0v) is 19.7. The SMILES string of the molecule is CC(=O)N1CCN(c2ccc(N)cc2)CC1.CC(=O)N1CCN(c2ccc([N+](=O)[O-])cc2)CC1. The molecule has 2 aromatic carbocycles. The van der Waals surface area contributed by atoms with Crippen molar-refractivity contribution in [3.63, 3.8) is 0 Å². The fraction of sp³-hybridized carbons (Fsp3) is 0.417. The number of non-ortho nitro benzene ring substituents is 1. The Morgan fingerprint density at radius 3 is 1.38 bits per heavy atom. The maximum Gasteiger partial charge on any atom is 0.269 e. The Bertz CT molecular complexity index is 980. The molecule has 0 radical (unpaired) electrons. The van der Waals surface area contributed by atoms with E-state index in [0.29, 0.717) is 13.1 Å². The van der Waals surface area contributed by atoms with Crippen molar-refractivity contribution in [2.75, 3.05) is 67.9 Å². The van der Waals surface area contributed by atoms with Crippen LogP contribution in [0.25, 0.3) is 0 Å². The molecule has 2 N–H and O–H groups in total. The number of anilines is 3. The third kappa shape index (κ3) is 6.60. The van der Waals surface area contributed by atoms with E-state index in [1.165, 1.54) is 17.8 Å². The van der Waals surface area contributed by atoms with Gasteiger partial charge >= 0.3 is 0 Å². The third-order valence-electron chi connectivity index (χ3n) is 6.13. The van der Waals surface area contributed by atoms with Crippen molar-refractivity contribution in [3.05, 3.63) is 58.6 Å². The molecule has 34 heavy (non-hydrogen) atoms. The number of benzene rings is 2. The molecule has 0 atom stereocenters. The summed E-state index contributed by atoms with van der Waals surface area (Å²) in [5, 5.41) is 10.6. The smallest absolute Gasteiger partial charge is 0.269 e. The van der Waals surface area contributed by atoms with Gasteiger partial charge in [-0.2, -0.15) is 0 Å². The first-order valence-electron chi connectivity index (χ1n) is 11.4. The van der Waals surface area contributed by atoms with Gasteiger partial charge in [0.05, 0.1) is 4.92 Å². The average molecular weight is 469 g/mol. The summed E-state index contributed by atoms with van der Waals surface area (Å²) in [4.78, 5) is 40.6. The molecule has 2 aliphatic rings. The predicted octanol–water partition coefficient (Wildman–Crippen LogP) is 2.20. The van der Waals surface area contributed by atoms with E-state index in [-0.39, 0.29) is 17.5 Å². The topological polar surface area (TPSA) is 116 Å². The Balaban J connectivity index is 0.000000192. The van der Waals surface area contributed by atoms with Gasteiger partial charge in [-0.1, -0.05) is 0 Å². The summed E-state index contributed by atoms with van der Waals surface area (Å²) >= 11 is 0. The molecule has 2 saturated heterocycles. The number of hydrogen-bond donors (Lipinski definition) is 1. The van der Waals surface area contributed by atoms with Crippen molar-refractivity contribution in [2.45, 2.75) is 13.8 Å². The van der Waals surface area contributed by atoms with E-state index in [0.717, 1.165) is 50.6 Å². The second-order valence-electron chi connectivity index (χ2n) is 8.35. The number of nitrogens with zero attached hydrogens (tertiary/aromatic N) is 5. The Kier molecular flexibility index (Phi) is 8.29. The second kappa shape index (κ2) is 11.4. The Morgan fingerprint density at radius 2 is 1.06 bits per heavy atom. The number of nitro benzene ring substituents is 1. The van der Waals surface area contributed by atoms with Crippen molar-refractivity contribution in [3.8, 4) is 0 Å². The fourth-order valence-electron chi connectivity index (χ4n) is 4.03. The molecular weight excluding hydrogens is 436 g/mol. The van der Waals surface area contributed by atoms with Crippen LogP contribution in [0.15, 0.2) is 48.5 Å². The summed E-state index contributed by atoms with van der Waals surface area (Å²) in [7, 11) is 0. The van der Waals surface area contributed by atoms with Crippen LogP contribution in [-0.2, 0) is 9.59 Å². The number of nitrogens with two attached hydrogens (primary N) is 1. The minimum atomic E-state index is -0.405. The Labute approximate surface area is 199 Å². The molecule has 4 rings (SSSR count). The number of rotatable bonds is 3. The normalized spacial score (nSPS) is 15.9. The van der Waals surface area contributed by atoms with Gasteiger partial charge in [0.15, 0.2) is 0 Å². The standard InChI is InChI=1S/C12H15N3O3.C12H17N3O/c1-10(16)13-6-8-14(9-7-13)11-2-4-12(5-3-11)15(17)18;1-10(16)14-6-8-15(9-7-14)12-4-2-11(13)3-5-12/h2-5H,6-9H2,1H3;2-5H,6-9,13H2,1H3. The summed E-state index contributed by atoms with van der Waals surface area (Å²) in [6, 6.07) is 14.4. The van der Waals surface area contributed by atoms with Gasteiger partial charge in [-0.25, -0.2) is 0 Å². The monoisotopic (exact) mass is 468 g/mol. The van der Waals surface area contributed by atoms with Crippen LogP contribution < -0.4 is 15.5 Å². The van der Waals surface area contributed by atoms with E-state index in [2.05, 4.69) is 9.80 Å². The highest BCUT2D eigenvalue weighted by Gasteiger charge is 2.20. The summed E-state index contributed by atoms with van der Waals surface area (Å²) in [5.74, 6) is 0.260. The summed E-state index contributed by atoms with van der Waals surface area (Å²) in [5.41, 5.74) is 8.67. The van der Waals surface area contributed by atoms with Crippen LogP contribution in [0.2, 0.25) is 0 Å². The van der Waals surface area contributed by atoms with Crippen molar-refractivity contribution in [2.24, 2.45) is 0 Å². The highest BCUT2D eigenvalue weighted by molar-refractivity contribution is 5.74. The van der Waals surface area contributed by atoms with E-state index in [9.17, 15) is 19.7 Å². The number of nitro groups is 1. The van der Waals surface area contributed by atoms with E-state index in [4.69, 9.17) is 5.73 Å². The van der Waals surface area contributed by atoms with Crippen LogP contribution in [0.1, 0.15) is 13.8 Å². The van der Waals surface area contributed by atoms with Gasteiger partial charge < -0.3 is 25.3 Å². The summed E-state index contributed by atoms with van der Waals surface area (Å²) in [6.07, 6.45) is 0. The van der Waals surface area contributed by atoms with Crippen LogP contribution in [0.5, 0.6) is 0 Å². The first kappa shape index (κ1) is 24.8. The van der Waals surface area contributed by atoms with E-state index < -0.39 is 4.92 Å². The number of hydrogen-bond acceptors (Lipinski definition) is 7. The fourth-order valence-corrected chi connectivity index (χ4v) is 4.03. The third-order valence-corrected chi connectivity index (χ3v) is 6.13. The van der Waals surface area contributed by atoms with Gasteiger partial charge in [0.25, 0.3) is 5.69 Å². The van der Waals surface area contributed by atoms with Crippen LogP contribution in [0, 0.1) is 10.1 Å². The van der Waals surface area contributed by atoms with Crippen molar-refractivity contribution < 1.29 is 14.5 Å². The van der Waals surface area contributed by atoms with Crippen molar-refractivity contribution in [1.82, 2.24) is 9.80 Å². The summed E-state index contributed by atoms with van der Waals surface area (Å²) < 4.78 is 0. The van der Waals surface area contributed by atoms with E-state index in [1.807, 2.05) is 34.1 Å². The largest absolute Gasteiger partial charge is 0.399 e. The van der Waals surface area contributed by atoms with Gasteiger partial charge in [0, 0.05) is 95.4 Å². The zero-order chi connectivity index (χ0) is 24.7. The van der Waals surface area contributed by atoms with Gasteiger partial charge in [-0.15, -0.1) is 0 Å². The molecule has 10 nitrogen and oxygen atoms in total. The highest BCUT2D eigenvalue weighted by Crippen LogP contribution is 2.21. The number of carbonyl (C=O) groups is 2. The molecule has 2 fully saturated rings. The quantitative estimate of drug-likeness (QED) is 0.417. The van der Waals surface area contributed by atoms with Gasteiger partial charge in [0.2, 0.25) is 11.8 Å². The van der Waals surface area contributed by atoms with E-state index in [1.54, 1.807) is 26.0 Å². The zero-order valence-electron chi connectivity index (χ0n) is 19.7. The molecule has 0 saturated carbocycles. The van der Waals surface area contributed by atoms with Gasteiger partial charge in [0.1, 0.15) is 0 Å². The Hall–Kier alpha value is -3.82. The first-order valence-corrected chi connectivity index (χ1v) is 11.4. The van der Waals surface area contributed by atoms with Crippen LogP contribution in [-0.4, -0.2) is 78.9 Å². The number of nitrogen functional groups attached to an aromatic ring is 1. The molecule has 182 valence electrons. The minimum absolute atomic E-state index is 0.0957. The lowest BCUT2D eigenvalue weighted by Gasteiger charge is -2.35. The molecule has 0 unspecified atom stereocenters. The number of piperazine rings is 2. The molecule has 2 amide bonds. The molecule has 0 aromatic heterocycles. The average Bonchev–Trinajstić information content (AvgIpc) is 2.85. The lowest BCUT2D eigenvalue weighted by Crippen LogP contribution is -2.48. The molecule has 0 spiro atoms. The lowest BCUT2D eigenvalue weighted by molar-refractivity contribution is -0.384. The molecule has 0 aliphatic carbocycles. The molecule has 2 heterocycles. The van der Waals surface area contributed by atoms with Crippen molar-refractivity contribution in [1.29, 1.82) is 0 Å². The molecule has 10 heteroatoms.